The molecule has 1 saturated heterocycles. The van der Waals surface area contributed by atoms with E-state index in [9.17, 15) is 22.6 Å². The zero-order chi connectivity index (χ0) is 27.9. The molecule has 1 aliphatic rings. The molecule has 0 bridgehead atoms. The molecule has 1 aliphatic heterocycles. The smallest absolute Gasteiger partial charge is 0.274 e. The normalized spacial score (nSPS) is 19.3. The molecule has 0 spiro atoms. The van der Waals surface area contributed by atoms with Gasteiger partial charge in [-0.3, -0.25) is 18.2 Å². The van der Waals surface area contributed by atoms with E-state index in [1.807, 2.05) is 6.92 Å². The van der Waals surface area contributed by atoms with Crippen LogP contribution in [-0.2, 0) is 17.5 Å². The highest BCUT2D eigenvalue weighted by atomic mass is 35.5. The van der Waals surface area contributed by atoms with E-state index in [4.69, 9.17) is 11.6 Å². The van der Waals surface area contributed by atoms with Gasteiger partial charge in [-0.15, -0.1) is 0 Å². The summed E-state index contributed by atoms with van der Waals surface area (Å²) in [5.41, 5.74) is 1.06. The van der Waals surface area contributed by atoms with Crippen molar-refractivity contribution >= 4 is 51.9 Å². The first-order valence-electron chi connectivity index (χ1n) is 11.2. The number of aliphatic imine (C=N–C) groups is 1. The molecule has 2 N–H and O–H groups in total. The Morgan fingerprint density at radius 3 is 2.49 bits per heavy atom. The summed E-state index contributed by atoms with van der Waals surface area (Å²) >= 11 is 6.21. The van der Waals surface area contributed by atoms with Gasteiger partial charge in [0.2, 0.25) is 0 Å². The third-order valence-corrected chi connectivity index (χ3v) is 7.53. The van der Waals surface area contributed by atoms with Gasteiger partial charge in [0, 0.05) is 33.5 Å². The predicted molar refractivity (Wildman–Crippen MR) is 145 cm³/mol. The quantitative estimate of drug-likeness (QED) is 0.359. The Morgan fingerprint density at radius 1 is 1.30 bits per heavy atom. The summed E-state index contributed by atoms with van der Waals surface area (Å²) in [5, 5.41) is 10.1. The van der Waals surface area contributed by atoms with Crippen LogP contribution in [0.1, 0.15) is 52.9 Å². The van der Waals surface area contributed by atoms with E-state index >= 15 is 0 Å². The van der Waals surface area contributed by atoms with Crippen LogP contribution >= 0.6 is 11.6 Å². The third-order valence-electron chi connectivity index (χ3n) is 5.40. The number of carbonyl (C=O) groups excluding carboxylic acids is 2. The first-order chi connectivity index (χ1) is 17.5. The molecule has 2 heterocycles. The molecule has 8 nitrogen and oxygen atoms in total. The summed E-state index contributed by atoms with van der Waals surface area (Å²) in [4.78, 5) is 30.8. The Hall–Kier alpha value is -3.18. The standard InChI is InChI=1S/C24H27ClFN5O3S.CH3F/c1-6-14(3)21(27-7-2)31-19(10-17(11-26)30-31)23(33)28-20-15(4)8-16(25)9-18(20)22(32)29-24(5)12-35(34)13-24;1-2/h6-10H,1,11-13H2,2-5H3,(H,28,33)(H,29,32);1H3/b21-14+,27-7-;. The van der Waals surface area contributed by atoms with Crippen molar-refractivity contribution in [2.24, 2.45) is 4.99 Å². The Balaban J connectivity index is 0.00000235. The van der Waals surface area contributed by atoms with Crippen molar-refractivity contribution in [3.8, 4) is 0 Å². The van der Waals surface area contributed by atoms with Gasteiger partial charge >= 0.3 is 0 Å². The highest BCUT2D eigenvalue weighted by molar-refractivity contribution is 7.86. The van der Waals surface area contributed by atoms with E-state index in [1.165, 1.54) is 23.0 Å². The molecule has 0 atom stereocenters. The van der Waals surface area contributed by atoms with Gasteiger partial charge in [-0.2, -0.15) is 5.10 Å². The van der Waals surface area contributed by atoms with E-state index in [0.717, 1.165) is 0 Å². The molecule has 12 heteroatoms. The van der Waals surface area contributed by atoms with Crippen molar-refractivity contribution in [3.63, 3.8) is 0 Å². The van der Waals surface area contributed by atoms with E-state index < -0.39 is 34.8 Å². The molecule has 1 aromatic carbocycles. The molecule has 0 aliphatic carbocycles. The Bertz CT molecular complexity index is 1280. The minimum absolute atomic E-state index is 0.0292. The number of rotatable bonds is 8. The van der Waals surface area contributed by atoms with Gasteiger partial charge in [0.1, 0.15) is 12.4 Å². The van der Waals surface area contributed by atoms with Crippen LogP contribution in [0.4, 0.5) is 14.5 Å². The summed E-state index contributed by atoms with van der Waals surface area (Å²) in [5.74, 6) is -0.0685. The average Bonchev–Trinajstić information content (AvgIpc) is 3.28. The molecule has 0 unspecified atom stereocenters. The number of allylic oxidation sites excluding steroid dienone is 2. The summed E-state index contributed by atoms with van der Waals surface area (Å²) in [6, 6.07) is 4.40. The monoisotopic (exact) mass is 553 g/mol. The number of nitrogens with zero attached hydrogens (tertiary/aromatic N) is 3. The van der Waals surface area contributed by atoms with Crippen LogP contribution in [0.15, 0.2) is 41.4 Å². The summed E-state index contributed by atoms with van der Waals surface area (Å²) < 4.78 is 35.8. The number of halogens is 3. The number of aromatic nitrogens is 2. The summed E-state index contributed by atoms with van der Waals surface area (Å²) in [7, 11) is -0.469. The minimum atomic E-state index is -0.969. The second-order valence-corrected chi connectivity index (χ2v) is 10.4. The molecule has 3 rings (SSSR count). The van der Waals surface area contributed by atoms with Crippen molar-refractivity contribution in [1.82, 2.24) is 15.1 Å². The second-order valence-electron chi connectivity index (χ2n) is 8.51. The number of hydrogen-bond donors (Lipinski definition) is 2. The first-order valence-corrected chi connectivity index (χ1v) is 13.0. The molecular formula is C25H30ClF2N5O3S. The molecule has 37 heavy (non-hydrogen) atoms. The Labute approximate surface area is 222 Å². The lowest BCUT2D eigenvalue weighted by atomic mass is 10.0. The molecule has 0 radical (unpaired) electrons. The predicted octanol–water partition coefficient (Wildman–Crippen LogP) is 4.87. The van der Waals surface area contributed by atoms with Crippen molar-refractivity contribution in [1.29, 1.82) is 0 Å². The third kappa shape index (κ3) is 6.98. The van der Waals surface area contributed by atoms with Crippen molar-refractivity contribution < 1.29 is 22.6 Å². The highest BCUT2D eigenvalue weighted by Gasteiger charge is 2.40. The molecule has 2 aromatic rings. The zero-order valence-corrected chi connectivity index (χ0v) is 22.9. The molecule has 0 saturated carbocycles. The van der Waals surface area contributed by atoms with Crippen molar-refractivity contribution in [2.75, 3.05) is 24.0 Å². The van der Waals surface area contributed by atoms with E-state index in [1.54, 1.807) is 32.9 Å². The average molecular weight is 554 g/mol. The fourth-order valence-corrected chi connectivity index (χ4v) is 5.46. The molecular weight excluding hydrogens is 524 g/mol. The van der Waals surface area contributed by atoms with Gasteiger partial charge < -0.3 is 10.6 Å². The van der Waals surface area contributed by atoms with Crippen LogP contribution < -0.4 is 10.6 Å². The topological polar surface area (TPSA) is 105 Å². The molecule has 1 aromatic heterocycles. The Kier molecular flexibility index (Phi) is 10.4. The fourth-order valence-electron chi connectivity index (χ4n) is 3.70. The van der Waals surface area contributed by atoms with Crippen molar-refractivity contribution in [3.05, 3.63) is 64.0 Å². The first kappa shape index (κ1) is 30.0. The highest BCUT2D eigenvalue weighted by Crippen LogP contribution is 2.29. The SMILES string of the molecule is C=C/C(C)=C(\N=C/C)n1nc(CF)cc1C(=O)Nc1c(C)cc(Cl)cc1C(=O)NC1(C)CS(=O)C1.CF. The van der Waals surface area contributed by atoms with Crippen LogP contribution in [0.3, 0.4) is 0 Å². The largest absolute Gasteiger partial charge is 0.345 e. The number of anilines is 1. The zero-order valence-electron chi connectivity index (χ0n) is 21.3. The van der Waals surface area contributed by atoms with Gasteiger partial charge in [0.05, 0.1) is 29.7 Å². The van der Waals surface area contributed by atoms with Crippen LogP contribution in [0, 0.1) is 6.92 Å². The lowest BCUT2D eigenvalue weighted by Gasteiger charge is -2.38. The number of nitrogens with one attached hydrogen (secondary N) is 2. The van der Waals surface area contributed by atoms with Gasteiger partial charge in [-0.1, -0.05) is 24.3 Å². The van der Waals surface area contributed by atoms with Crippen LogP contribution in [0.2, 0.25) is 5.02 Å². The van der Waals surface area contributed by atoms with Crippen LogP contribution in [0.25, 0.3) is 5.82 Å². The van der Waals surface area contributed by atoms with E-state index in [2.05, 4.69) is 27.3 Å². The van der Waals surface area contributed by atoms with E-state index in [-0.39, 0.29) is 22.6 Å². The lowest BCUT2D eigenvalue weighted by molar-refractivity contribution is 0.0918. The summed E-state index contributed by atoms with van der Waals surface area (Å²) in [6.45, 7) is 9.82. The number of carbonyl (C=O) groups is 2. The van der Waals surface area contributed by atoms with Gasteiger partial charge in [0.25, 0.3) is 11.8 Å². The van der Waals surface area contributed by atoms with Gasteiger partial charge in [-0.05, 0) is 57.0 Å². The van der Waals surface area contributed by atoms with Crippen LogP contribution in [0.5, 0.6) is 0 Å². The minimum Gasteiger partial charge on any atom is -0.345 e. The number of alkyl halides is 2. The fraction of sp³-hybridized carbons (Fsp3) is 0.360. The van der Waals surface area contributed by atoms with Gasteiger partial charge in [0.15, 0.2) is 5.82 Å². The number of benzene rings is 1. The molecule has 200 valence electrons. The van der Waals surface area contributed by atoms with E-state index in [0.29, 0.717) is 40.7 Å². The maximum Gasteiger partial charge on any atom is 0.274 e. The van der Waals surface area contributed by atoms with Gasteiger partial charge in [-0.25, -0.2) is 14.1 Å². The Morgan fingerprint density at radius 2 is 1.95 bits per heavy atom. The molecule has 1 fully saturated rings. The van der Waals surface area contributed by atoms with Crippen molar-refractivity contribution in [2.45, 2.75) is 39.9 Å². The lowest BCUT2D eigenvalue weighted by Crippen LogP contribution is -2.61. The maximum absolute atomic E-state index is 13.5. The van der Waals surface area contributed by atoms with Crippen LogP contribution in [-0.4, -0.2) is 56.2 Å². The maximum atomic E-state index is 13.5. The number of hydrogen-bond acceptors (Lipinski definition) is 5. The summed E-state index contributed by atoms with van der Waals surface area (Å²) in [6.07, 6.45) is 3.08. The number of aryl methyl sites for hydroxylation is 1. The second kappa shape index (κ2) is 12.9. The molecule has 2 amide bonds. The number of amides is 2.